The maximum atomic E-state index is 13.6. The first-order chi connectivity index (χ1) is 20.2. The lowest BCUT2D eigenvalue weighted by Crippen LogP contribution is -2.90. The number of guanidine groups is 2. The van der Waals surface area contributed by atoms with E-state index in [1.165, 1.54) is 4.90 Å². The number of halogens is 2. The van der Waals surface area contributed by atoms with E-state index >= 15 is 0 Å². The van der Waals surface area contributed by atoms with Crippen LogP contribution in [0.3, 0.4) is 0 Å². The number of carbonyl (C=O) groups is 2. The van der Waals surface area contributed by atoms with E-state index in [9.17, 15) is 28.6 Å². The number of aliphatic imine (C=N–C) groups is 1. The molecule has 0 bridgehead atoms. The summed E-state index contributed by atoms with van der Waals surface area (Å²) in [5, 5.41) is 31.6. The molecule has 43 heavy (non-hydrogen) atoms. The smallest absolute Gasteiger partial charge is 0.343 e. The number of fused-ring (bicyclic) bond motifs is 1. The summed E-state index contributed by atoms with van der Waals surface area (Å²) in [5.74, 6) is -5.55. The number of ether oxygens (including phenoxy) is 1. The lowest BCUT2D eigenvalue weighted by Gasteiger charge is -2.46. The van der Waals surface area contributed by atoms with Crippen molar-refractivity contribution in [3.8, 4) is 5.75 Å². The van der Waals surface area contributed by atoms with Gasteiger partial charge in [0.2, 0.25) is 5.79 Å². The average molecular weight is 600 g/mol. The fourth-order valence-corrected chi connectivity index (χ4v) is 6.51. The van der Waals surface area contributed by atoms with Gasteiger partial charge in [-0.1, -0.05) is 26.0 Å². The Bertz CT molecular complexity index is 1560. The van der Waals surface area contributed by atoms with E-state index in [1.54, 1.807) is 12.1 Å². The average Bonchev–Trinajstić information content (AvgIpc) is 3.40. The summed E-state index contributed by atoms with van der Waals surface area (Å²) in [7, 11) is 0. The number of benzene rings is 2. The zero-order valence-electron chi connectivity index (χ0n) is 23.4. The highest BCUT2D eigenvalue weighted by molar-refractivity contribution is 5.98. The van der Waals surface area contributed by atoms with Crippen LogP contribution in [0.1, 0.15) is 46.5 Å². The molecule has 10 N–H and O–H groups in total. The van der Waals surface area contributed by atoms with Gasteiger partial charge in [-0.05, 0) is 30.0 Å². The van der Waals surface area contributed by atoms with Crippen LogP contribution >= 0.6 is 0 Å². The molecule has 15 heteroatoms. The molecule has 2 aromatic carbocycles. The SMILES string of the molecule is CC1(C)CCOc2c(C(=O)NC3CN4C(N)=N[C@@H](CNC(=O)c5cc(F)cc(F)c5)[C@@H]5[NH+]=C(N)NC54C3(O)O)cccc21. The molecule has 4 aliphatic rings. The zero-order valence-corrected chi connectivity index (χ0v) is 23.4. The summed E-state index contributed by atoms with van der Waals surface area (Å²) < 4.78 is 33.2. The predicted octanol–water partition coefficient (Wildman–Crippen LogP) is -2.69. The Hall–Kier alpha value is -4.50. The third-order valence-corrected chi connectivity index (χ3v) is 8.75. The van der Waals surface area contributed by atoms with Gasteiger partial charge in [-0.3, -0.25) is 25.2 Å². The van der Waals surface area contributed by atoms with Gasteiger partial charge in [0.15, 0.2) is 12.0 Å². The standard InChI is InChI=1S/C28H32F2N8O5/c1-26(2)6-7-43-20-16(4-3-5-17(20)26)23(40)35-19-12-38-25(32)34-18(21-27(38,28(19,41)42)37-24(31)36-21)11-33-22(39)13-8-14(29)10-15(30)9-13/h3-5,8-10,18-19,21,41-42H,6-7,11-12H2,1-2H3,(H2,32,34)(H,33,39)(H,35,40)(H3,31,36,37)/p+1/t18-,19?,21-,27?/m0/s1. The minimum atomic E-state index is -2.68. The van der Waals surface area contributed by atoms with Crippen LogP contribution < -0.4 is 37.1 Å². The van der Waals surface area contributed by atoms with Gasteiger partial charge in [0, 0.05) is 23.7 Å². The van der Waals surface area contributed by atoms with E-state index in [4.69, 9.17) is 16.2 Å². The van der Waals surface area contributed by atoms with Crippen molar-refractivity contribution in [1.82, 2.24) is 20.9 Å². The highest BCUT2D eigenvalue weighted by Crippen LogP contribution is 2.43. The van der Waals surface area contributed by atoms with Crippen molar-refractivity contribution in [2.75, 3.05) is 19.7 Å². The Kier molecular flexibility index (Phi) is 6.50. The molecule has 0 saturated carbocycles. The van der Waals surface area contributed by atoms with E-state index < -0.39 is 53.0 Å². The number of nitrogens with two attached hydrogens (primary N) is 2. The van der Waals surface area contributed by atoms with Crippen LogP contribution in [-0.2, 0) is 5.41 Å². The summed E-state index contributed by atoms with van der Waals surface area (Å²) in [5.41, 5.74) is 11.2. The molecule has 0 aliphatic carbocycles. The molecule has 13 nitrogen and oxygen atoms in total. The van der Waals surface area contributed by atoms with Crippen LogP contribution in [0.2, 0.25) is 0 Å². The van der Waals surface area contributed by atoms with Gasteiger partial charge in [-0.2, -0.15) is 0 Å². The third kappa shape index (κ3) is 4.41. The van der Waals surface area contributed by atoms with Gasteiger partial charge in [0.05, 0.1) is 18.7 Å². The number of aliphatic hydroxyl groups is 2. The second kappa shape index (κ2) is 9.77. The van der Waals surface area contributed by atoms with E-state index in [0.717, 1.165) is 24.1 Å². The van der Waals surface area contributed by atoms with Crippen LogP contribution in [0, 0.1) is 11.6 Å². The molecule has 4 heterocycles. The molecule has 4 aliphatic heterocycles. The summed E-state index contributed by atoms with van der Waals surface area (Å²) in [6.45, 7) is 4.19. The molecular weight excluding hydrogens is 566 g/mol. The van der Waals surface area contributed by atoms with Crippen molar-refractivity contribution in [2.45, 2.75) is 55.3 Å². The second-order valence-electron chi connectivity index (χ2n) is 11.9. The van der Waals surface area contributed by atoms with Gasteiger partial charge < -0.3 is 31.3 Å². The highest BCUT2D eigenvalue weighted by atomic mass is 19.1. The number of nitrogens with zero attached hydrogens (tertiary/aromatic N) is 2. The fourth-order valence-electron chi connectivity index (χ4n) is 6.51. The lowest BCUT2D eigenvalue weighted by atomic mass is 9.79. The Morgan fingerprint density at radius 1 is 1.19 bits per heavy atom. The van der Waals surface area contributed by atoms with Gasteiger partial charge in [-0.15, -0.1) is 0 Å². The number of hydrogen-bond donors (Lipinski definition) is 8. The Morgan fingerprint density at radius 2 is 1.91 bits per heavy atom. The molecule has 0 radical (unpaired) electrons. The molecule has 0 aromatic heterocycles. The van der Waals surface area contributed by atoms with Crippen molar-refractivity contribution in [3.63, 3.8) is 0 Å². The van der Waals surface area contributed by atoms with Gasteiger partial charge in [0.25, 0.3) is 17.5 Å². The van der Waals surface area contributed by atoms with Gasteiger partial charge >= 0.3 is 5.96 Å². The Balaban J connectivity index is 1.26. The fraction of sp³-hybridized carbons (Fsp3) is 0.429. The van der Waals surface area contributed by atoms with E-state index in [-0.39, 0.29) is 41.6 Å². The second-order valence-corrected chi connectivity index (χ2v) is 11.9. The molecule has 228 valence electrons. The minimum Gasteiger partial charge on any atom is -0.492 e. The molecule has 1 spiro atoms. The van der Waals surface area contributed by atoms with Crippen LogP contribution in [0.5, 0.6) is 5.75 Å². The molecular formula is C28H33F2N8O5+. The molecule has 2 amide bonds. The zero-order chi connectivity index (χ0) is 30.9. The Labute approximate surface area is 245 Å². The molecule has 2 aromatic rings. The number of hydrogen-bond acceptors (Lipinski definition) is 10. The van der Waals surface area contributed by atoms with E-state index in [2.05, 4.69) is 39.8 Å². The molecule has 4 atom stereocenters. The largest absolute Gasteiger partial charge is 0.492 e. The number of para-hydroxylation sites is 1. The Morgan fingerprint density at radius 3 is 2.63 bits per heavy atom. The van der Waals surface area contributed by atoms with Crippen molar-refractivity contribution < 1.29 is 38.3 Å². The van der Waals surface area contributed by atoms with Crippen molar-refractivity contribution >= 4 is 23.7 Å². The van der Waals surface area contributed by atoms with Crippen LogP contribution in [0.15, 0.2) is 41.4 Å². The number of rotatable bonds is 5. The lowest BCUT2D eigenvalue weighted by molar-refractivity contribution is -0.521. The maximum Gasteiger partial charge on any atom is 0.343 e. The summed E-state index contributed by atoms with van der Waals surface area (Å²) >= 11 is 0. The highest BCUT2D eigenvalue weighted by Gasteiger charge is 2.76. The predicted molar refractivity (Wildman–Crippen MR) is 149 cm³/mol. The summed E-state index contributed by atoms with van der Waals surface area (Å²) in [4.78, 5) is 35.0. The molecule has 1 fully saturated rings. The minimum absolute atomic E-state index is 0.0179. The van der Waals surface area contributed by atoms with Crippen LogP contribution in [-0.4, -0.2) is 88.1 Å². The van der Waals surface area contributed by atoms with E-state index in [1.807, 2.05) is 6.07 Å². The van der Waals surface area contributed by atoms with E-state index in [0.29, 0.717) is 18.4 Å². The third-order valence-electron chi connectivity index (χ3n) is 8.75. The van der Waals surface area contributed by atoms with Crippen molar-refractivity contribution in [1.29, 1.82) is 0 Å². The summed E-state index contributed by atoms with van der Waals surface area (Å²) in [6.07, 6.45) is 0.777. The normalized spacial score (nSPS) is 27.9. The number of carbonyl (C=O) groups excluding carboxylic acids is 2. The first kappa shape index (κ1) is 28.6. The van der Waals surface area contributed by atoms with Crippen LogP contribution in [0.25, 0.3) is 0 Å². The first-order valence-corrected chi connectivity index (χ1v) is 13.8. The first-order valence-electron chi connectivity index (χ1n) is 13.8. The molecule has 6 rings (SSSR count). The quantitative estimate of drug-likeness (QED) is 0.169. The number of nitrogens with one attached hydrogen (secondary N) is 4. The van der Waals surface area contributed by atoms with Gasteiger partial charge in [-0.25, -0.2) is 19.1 Å². The monoisotopic (exact) mass is 599 g/mol. The summed E-state index contributed by atoms with van der Waals surface area (Å²) in [6, 6.07) is 4.49. The van der Waals surface area contributed by atoms with Gasteiger partial charge in [0.1, 0.15) is 29.5 Å². The number of amides is 2. The van der Waals surface area contributed by atoms with Crippen molar-refractivity contribution in [3.05, 3.63) is 64.7 Å². The van der Waals surface area contributed by atoms with Crippen LogP contribution in [0.4, 0.5) is 8.78 Å². The topological polar surface area (TPSA) is 202 Å². The molecule has 1 saturated heterocycles. The van der Waals surface area contributed by atoms with Crippen molar-refractivity contribution in [2.24, 2.45) is 16.5 Å². The molecule has 2 unspecified atom stereocenters. The maximum absolute atomic E-state index is 13.6.